The van der Waals surface area contributed by atoms with Gasteiger partial charge in [0, 0.05) is 38.3 Å². The standard InChI is InChI=1S/C25H37N3O3/c1-27(2)25(20-6-4-3-5-7-20)10-8-23(9-11-25)18-21(29)28(19-23)15-12-24(22(26)30)13-16-31-17-14-24/h3-7H,8-19H2,1-2H3,(H2,26,30). The molecule has 6 heteroatoms. The number of hydrogen-bond donors (Lipinski definition) is 1. The average Bonchev–Trinajstić information content (AvgIpc) is 3.09. The summed E-state index contributed by atoms with van der Waals surface area (Å²) in [7, 11) is 4.35. The van der Waals surface area contributed by atoms with Gasteiger partial charge in [-0.25, -0.2) is 0 Å². The summed E-state index contributed by atoms with van der Waals surface area (Å²) in [4.78, 5) is 29.5. The first kappa shape index (κ1) is 22.3. The zero-order valence-electron chi connectivity index (χ0n) is 19.1. The highest BCUT2D eigenvalue weighted by atomic mass is 16.5. The van der Waals surface area contributed by atoms with Gasteiger partial charge in [-0.05, 0) is 70.0 Å². The van der Waals surface area contributed by atoms with Crippen LogP contribution in [0, 0.1) is 10.8 Å². The molecule has 2 heterocycles. The van der Waals surface area contributed by atoms with Crippen LogP contribution < -0.4 is 5.73 Å². The van der Waals surface area contributed by atoms with E-state index in [0.717, 1.165) is 32.2 Å². The van der Waals surface area contributed by atoms with E-state index in [2.05, 4.69) is 49.3 Å². The summed E-state index contributed by atoms with van der Waals surface area (Å²) in [5, 5.41) is 0. The van der Waals surface area contributed by atoms with E-state index in [1.165, 1.54) is 5.56 Å². The van der Waals surface area contributed by atoms with Crippen LogP contribution >= 0.6 is 0 Å². The fourth-order valence-electron chi connectivity index (χ4n) is 6.19. The van der Waals surface area contributed by atoms with Crippen molar-refractivity contribution < 1.29 is 14.3 Å². The number of amides is 2. The number of carbonyl (C=O) groups excluding carboxylic acids is 2. The van der Waals surface area contributed by atoms with Crippen molar-refractivity contribution in [2.24, 2.45) is 16.6 Å². The number of rotatable bonds is 6. The molecule has 6 nitrogen and oxygen atoms in total. The predicted molar refractivity (Wildman–Crippen MR) is 120 cm³/mol. The van der Waals surface area contributed by atoms with Crippen molar-refractivity contribution in [1.82, 2.24) is 9.80 Å². The van der Waals surface area contributed by atoms with Crippen molar-refractivity contribution in [3.8, 4) is 0 Å². The number of ether oxygens (including phenoxy) is 1. The molecule has 1 spiro atoms. The molecule has 2 aliphatic heterocycles. The Morgan fingerprint density at radius 1 is 1.06 bits per heavy atom. The zero-order chi connectivity index (χ0) is 22.1. The van der Waals surface area contributed by atoms with Crippen molar-refractivity contribution >= 4 is 11.8 Å². The molecule has 170 valence electrons. The van der Waals surface area contributed by atoms with Gasteiger partial charge in [0.15, 0.2) is 0 Å². The lowest BCUT2D eigenvalue weighted by atomic mass is 9.64. The first-order valence-electron chi connectivity index (χ1n) is 11.7. The van der Waals surface area contributed by atoms with Gasteiger partial charge in [-0.2, -0.15) is 0 Å². The Balaban J connectivity index is 1.42. The number of nitrogens with two attached hydrogens (primary N) is 1. The van der Waals surface area contributed by atoms with Gasteiger partial charge in [-0.15, -0.1) is 0 Å². The second kappa shape index (κ2) is 8.55. The Bertz CT molecular complexity index is 793. The molecule has 3 fully saturated rings. The van der Waals surface area contributed by atoms with Crippen LogP contribution in [-0.2, 0) is 19.9 Å². The van der Waals surface area contributed by atoms with Crippen molar-refractivity contribution in [3.05, 3.63) is 35.9 Å². The van der Waals surface area contributed by atoms with Gasteiger partial charge in [0.25, 0.3) is 0 Å². The maximum atomic E-state index is 12.9. The second-order valence-corrected chi connectivity index (χ2v) is 10.3. The highest BCUT2D eigenvalue weighted by Crippen LogP contribution is 2.52. The molecule has 0 bridgehead atoms. The Labute approximate surface area is 186 Å². The SMILES string of the molecule is CN(C)C1(c2ccccc2)CCC2(CC1)CC(=O)N(CCC1(C(N)=O)CCOCC1)C2. The Hall–Kier alpha value is -1.92. The predicted octanol–water partition coefficient (Wildman–Crippen LogP) is 2.91. The van der Waals surface area contributed by atoms with Crippen molar-refractivity contribution in [2.75, 3.05) is 40.4 Å². The summed E-state index contributed by atoms with van der Waals surface area (Å²) in [5.74, 6) is -0.00260. The molecule has 3 aliphatic rings. The lowest BCUT2D eigenvalue weighted by Crippen LogP contribution is -2.47. The monoisotopic (exact) mass is 427 g/mol. The fourth-order valence-corrected chi connectivity index (χ4v) is 6.19. The molecule has 1 aromatic rings. The topological polar surface area (TPSA) is 75.9 Å². The van der Waals surface area contributed by atoms with E-state index in [1.807, 2.05) is 4.90 Å². The number of likely N-dealkylation sites (tertiary alicyclic amines) is 1. The molecule has 1 aromatic carbocycles. The molecule has 4 rings (SSSR count). The van der Waals surface area contributed by atoms with Crippen LogP contribution in [0.1, 0.15) is 56.9 Å². The molecule has 2 amide bonds. The molecule has 0 radical (unpaired) electrons. The first-order chi connectivity index (χ1) is 14.8. The Kier molecular flexibility index (Phi) is 6.14. The van der Waals surface area contributed by atoms with Crippen LogP contribution in [0.15, 0.2) is 30.3 Å². The minimum Gasteiger partial charge on any atom is -0.381 e. The molecular weight excluding hydrogens is 390 g/mol. The third-order valence-corrected chi connectivity index (χ3v) is 8.54. The highest BCUT2D eigenvalue weighted by Gasteiger charge is 2.50. The summed E-state index contributed by atoms with van der Waals surface area (Å²) >= 11 is 0. The molecule has 1 aliphatic carbocycles. The number of hydrogen-bond acceptors (Lipinski definition) is 4. The van der Waals surface area contributed by atoms with E-state index in [4.69, 9.17) is 10.5 Å². The van der Waals surface area contributed by atoms with Crippen LogP contribution in [0.3, 0.4) is 0 Å². The number of primary amides is 1. The first-order valence-corrected chi connectivity index (χ1v) is 11.7. The minimum absolute atomic E-state index is 0.0428. The van der Waals surface area contributed by atoms with E-state index >= 15 is 0 Å². The number of carbonyl (C=O) groups is 2. The van der Waals surface area contributed by atoms with Crippen LogP contribution in [-0.4, -0.2) is 62.0 Å². The maximum absolute atomic E-state index is 12.9. The number of benzene rings is 1. The minimum atomic E-state index is -0.520. The van der Waals surface area contributed by atoms with E-state index in [-0.39, 0.29) is 22.8 Å². The normalized spacial score (nSPS) is 30.8. The van der Waals surface area contributed by atoms with Gasteiger partial charge in [0.2, 0.25) is 11.8 Å². The van der Waals surface area contributed by atoms with E-state index < -0.39 is 5.41 Å². The second-order valence-electron chi connectivity index (χ2n) is 10.3. The molecule has 2 saturated heterocycles. The smallest absolute Gasteiger partial charge is 0.223 e. The average molecular weight is 428 g/mol. The van der Waals surface area contributed by atoms with E-state index in [9.17, 15) is 9.59 Å². The summed E-state index contributed by atoms with van der Waals surface area (Å²) in [5.41, 5.74) is 6.74. The summed E-state index contributed by atoms with van der Waals surface area (Å²) in [6.45, 7) is 2.59. The quantitative estimate of drug-likeness (QED) is 0.757. The maximum Gasteiger partial charge on any atom is 0.223 e. The zero-order valence-corrected chi connectivity index (χ0v) is 19.1. The van der Waals surface area contributed by atoms with Gasteiger partial charge in [0.05, 0.1) is 5.41 Å². The lowest BCUT2D eigenvalue weighted by Gasteiger charge is -2.49. The largest absolute Gasteiger partial charge is 0.381 e. The third-order valence-electron chi connectivity index (χ3n) is 8.54. The van der Waals surface area contributed by atoms with Crippen LogP contribution in [0.25, 0.3) is 0 Å². The van der Waals surface area contributed by atoms with Gasteiger partial charge < -0.3 is 15.4 Å². The molecule has 2 N–H and O–H groups in total. The van der Waals surface area contributed by atoms with Crippen molar-refractivity contribution in [3.63, 3.8) is 0 Å². The van der Waals surface area contributed by atoms with E-state index in [0.29, 0.717) is 45.4 Å². The Morgan fingerprint density at radius 3 is 2.29 bits per heavy atom. The van der Waals surface area contributed by atoms with Gasteiger partial charge in [-0.1, -0.05) is 30.3 Å². The van der Waals surface area contributed by atoms with Gasteiger partial charge >= 0.3 is 0 Å². The molecule has 0 unspecified atom stereocenters. The fraction of sp³-hybridized carbons (Fsp3) is 0.680. The van der Waals surface area contributed by atoms with Crippen LogP contribution in [0.2, 0.25) is 0 Å². The van der Waals surface area contributed by atoms with E-state index in [1.54, 1.807) is 0 Å². The molecule has 1 saturated carbocycles. The molecular formula is C25H37N3O3. The summed E-state index contributed by atoms with van der Waals surface area (Å²) in [6, 6.07) is 10.8. The molecule has 0 aromatic heterocycles. The van der Waals surface area contributed by atoms with Crippen LogP contribution in [0.4, 0.5) is 0 Å². The Morgan fingerprint density at radius 2 is 1.71 bits per heavy atom. The summed E-state index contributed by atoms with van der Waals surface area (Å²) < 4.78 is 5.44. The van der Waals surface area contributed by atoms with Gasteiger partial charge in [-0.3, -0.25) is 14.5 Å². The van der Waals surface area contributed by atoms with Gasteiger partial charge in [0.1, 0.15) is 0 Å². The highest BCUT2D eigenvalue weighted by molar-refractivity contribution is 5.82. The van der Waals surface area contributed by atoms with Crippen molar-refractivity contribution in [1.29, 1.82) is 0 Å². The van der Waals surface area contributed by atoms with Crippen molar-refractivity contribution in [2.45, 2.75) is 56.9 Å². The summed E-state index contributed by atoms with van der Waals surface area (Å²) in [6.07, 6.45) is 6.85. The molecule has 0 atom stereocenters. The van der Waals surface area contributed by atoms with Crippen LogP contribution in [0.5, 0.6) is 0 Å². The molecule has 31 heavy (non-hydrogen) atoms. The lowest BCUT2D eigenvalue weighted by molar-refractivity contribution is -0.136. The third kappa shape index (κ3) is 4.12. The number of nitrogens with zero attached hydrogens (tertiary/aromatic N) is 2.